The highest BCUT2D eigenvalue weighted by molar-refractivity contribution is 5.36. The Balaban J connectivity index is 2.60. The van der Waals surface area contributed by atoms with E-state index in [1.54, 1.807) is 0 Å². The van der Waals surface area contributed by atoms with E-state index in [4.69, 9.17) is 0 Å². The molecule has 1 unspecified atom stereocenters. The predicted octanol–water partition coefficient (Wildman–Crippen LogP) is 4.54. The second-order valence-corrected chi connectivity index (χ2v) is 5.70. The smallest absolute Gasteiger partial charge is 0.133 e. The van der Waals surface area contributed by atoms with E-state index in [0.717, 1.165) is 29.8 Å². The summed E-state index contributed by atoms with van der Waals surface area (Å²) in [6.45, 7) is 11.8. The Kier molecular flexibility index (Phi) is 6.82. The molecule has 1 N–H and O–H groups in total. The Hall–Kier alpha value is -1.12. The van der Waals surface area contributed by atoms with E-state index in [1.165, 1.54) is 25.7 Å². The normalized spacial score (nSPS) is 12.7. The summed E-state index contributed by atoms with van der Waals surface area (Å²) in [4.78, 5) is 9.08. The first-order valence-corrected chi connectivity index (χ1v) is 7.66. The van der Waals surface area contributed by atoms with Crippen LogP contribution in [0.15, 0.2) is 6.07 Å². The SMILES string of the molecule is CCCCC(CC)CNc1cc(C)nc(C(C)C)n1. The Morgan fingerprint density at radius 1 is 1.21 bits per heavy atom. The van der Waals surface area contributed by atoms with Gasteiger partial charge in [0, 0.05) is 24.2 Å². The molecule has 0 aromatic carbocycles. The van der Waals surface area contributed by atoms with E-state index in [-0.39, 0.29) is 0 Å². The zero-order valence-corrected chi connectivity index (χ0v) is 13.2. The van der Waals surface area contributed by atoms with Crippen LogP contribution in [0.4, 0.5) is 5.82 Å². The first kappa shape index (κ1) is 15.9. The van der Waals surface area contributed by atoms with Gasteiger partial charge in [-0.2, -0.15) is 0 Å². The third-order valence-corrected chi connectivity index (χ3v) is 3.50. The quantitative estimate of drug-likeness (QED) is 0.748. The summed E-state index contributed by atoms with van der Waals surface area (Å²) in [7, 11) is 0. The maximum absolute atomic E-state index is 4.60. The number of hydrogen-bond acceptors (Lipinski definition) is 3. The topological polar surface area (TPSA) is 37.8 Å². The Morgan fingerprint density at radius 2 is 1.95 bits per heavy atom. The van der Waals surface area contributed by atoms with Crippen LogP contribution < -0.4 is 5.32 Å². The van der Waals surface area contributed by atoms with Crippen LogP contribution in [0, 0.1) is 12.8 Å². The highest BCUT2D eigenvalue weighted by atomic mass is 15.0. The second kappa shape index (κ2) is 8.13. The molecule has 1 aromatic rings. The minimum absolute atomic E-state index is 0.377. The van der Waals surface area contributed by atoms with Crippen molar-refractivity contribution in [2.45, 2.75) is 66.2 Å². The van der Waals surface area contributed by atoms with E-state index >= 15 is 0 Å². The van der Waals surface area contributed by atoms with Gasteiger partial charge in [-0.1, -0.05) is 47.0 Å². The van der Waals surface area contributed by atoms with Crippen LogP contribution in [0.5, 0.6) is 0 Å². The summed E-state index contributed by atoms with van der Waals surface area (Å²) >= 11 is 0. The summed E-state index contributed by atoms with van der Waals surface area (Å²) in [5, 5.41) is 3.49. The van der Waals surface area contributed by atoms with Gasteiger partial charge in [0.2, 0.25) is 0 Å². The molecule has 1 heterocycles. The van der Waals surface area contributed by atoms with Crippen LogP contribution in [0.25, 0.3) is 0 Å². The van der Waals surface area contributed by atoms with E-state index < -0.39 is 0 Å². The summed E-state index contributed by atoms with van der Waals surface area (Å²) < 4.78 is 0. The molecular formula is C16H29N3. The Bertz CT molecular complexity index is 374. The highest BCUT2D eigenvalue weighted by Crippen LogP contribution is 2.16. The zero-order valence-electron chi connectivity index (χ0n) is 13.2. The highest BCUT2D eigenvalue weighted by Gasteiger charge is 2.09. The number of aryl methyl sites for hydroxylation is 1. The van der Waals surface area contributed by atoms with Crippen molar-refractivity contribution in [2.24, 2.45) is 5.92 Å². The first-order chi connectivity index (χ1) is 9.06. The monoisotopic (exact) mass is 263 g/mol. The molecule has 0 fully saturated rings. The van der Waals surface area contributed by atoms with Gasteiger partial charge in [-0.05, 0) is 19.3 Å². The van der Waals surface area contributed by atoms with Gasteiger partial charge in [0.25, 0.3) is 0 Å². The van der Waals surface area contributed by atoms with Gasteiger partial charge >= 0.3 is 0 Å². The lowest BCUT2D eigenvalue weighted by Gasteiger charge is -2.16. The molecule has 0 radical (unpaired) electrons. The van der Waals surface area contributed by atoms with Crippen LogP contribution in [0.1, 0.15) is 70.8 Å². The molecule has 0 spiro atoms. The molecule has 0 saturated heterocycles. The van der Waals surface area contributed by atoms with E-state index in [2.05, 4.69) is 43.0 Å². The molecule has 0 bridgehead atoms. The van der Waals surface area contributed by atoms with Crippen molar-refractivity contribution in [3.8, 4) is 0 Å². The summed E-state index contributed by atoms with van der Waals surface area (Å²) in [6, 6.07) is 2.04. The number of rotatable bonds is 8. The summed E-state index contributed by atoms with van der Waals surface area (Å²) in [5.74, 6) is 3.04. The maximum Gasteiger partial charge on any atom is 0.133 e. The van der Waals surface area contributed by atoms with Crippen molar-refractivity contribution >= 4 is 5.82 Å². The van der Waals surface area contributed by atoms with Crippen LogP contribution >= 0.6 is 0 Å². The number of aromatic nitrogens is 2. The fourth-order valence-corrected chi connectivity index (χ4v) is 2.13. The molecule has 0 amide bonds. The molecule has 0 aliphatic rings. The molecule has 0 aliphatic carbocycles. The van der Waals surface area contributed by atoms with Crippen molar-refractivity contribution < 1.29 is 0 Å². The van der Waals surface area contributed by atoms with E-state index in [0.29, 0.717) is 5.92 Å². The number of unbranched alkanes of at least 4 members (excludes halogenated alkanes) is 1. The van der Waals surface area contributed by atoms with Crippen LogP contribution in [-0.4, -0.2) is 16.5 Å². The van der Waals surface area contributed by atoms with Crippen molar-refractivity contribution in [2.75, 3.05) is 11.9 Å². The lowest BCUT2D eigenvalue weighted by Crippen LogP contribution is -2.15. The minimum atomic E-state index is 0.377. The van der Waals surface area contributed by atoms with Crippen molar-refractivity contribution in [3.63, 3.8) is 0 Å². The molecule has 0 aliphatic heterocycles. The molecule has 3 heteroatoms. The first-order valence-electron chi connectivity index (χ1n) is 7.66. The Morgan fingerprint density at radius 3 is 2.53 bits per heavy atom. The van der Waals surface area contributed by atoms with Crippen LogP contribution in [-0.2, 0) is 0 Å². The van der Waals surface area contributed by atoms with E-state index in [1.807, 2.05) is 13.0 Å². The average Bonchev–Trinajstić information content (AvgIpc) is 2.38. The second-order valence-electron chi connectivity index (χ2n) is 5.70. The lowest BCUT2D eigenvalue weighted by molar-refractivity contribution is 0.472. The molecule has 1 rings (SSSR count). The lowest BCUT2D eigenvalue weighted by atomic mass is 9.99. The standard InChI is InChI=1S/C16H29N3/c1-6-8-9-14(7-2)11-17-15-10-13(5)18-16(19-15)12(3)4/h10,12,14H,6-9,11H2,1-5H3,(H,17,18,19). The largest absolute Gasteiger partial charge is 0.370 e. The number of hydrogen-bond donors (Lipinski definition) is 1. The Labute approximate surface area is 118 Å². The third-order valence-electron chi connectivity index (χ3n) is 3.50. The van der Waals surface area contributed by atoms with Gasteiger partial charge in [0.15, 0.2) is 0 Å². The van der Waals surface area contributed by atoms with Gasteiger partial charge in [-0.25, -0.2) is 9.97 Å². The van der Waals surface area contributed by atoms with Gasteiger partial charge in [-0.3, -0.25) is 0 Å². The van der Waals surface area contributed by atoms with Gasteiger partial charge in [0.1, 0.15) is 11.6 Å². The summed E-state index contributed by atoms with van der Waals surface area (Å²) in [5.41, 5.74) is 1.04. The van der Waals surface area contributed by atoms with Crippen molar-refractivity contribution in [3.05, 3.63) is 17.6 Å². The third kappa shape index (κ3) is 5.58. The van der Waals surface area contributed by atoms with Crippen molar-refractivity contribution in [1.29, 1.82) is 0 Å². The fraction of sp³-hybridized carbons (Fsp3) is 0.750. The molecule has 1 atom stereocenters. The molecule has 3 nitrogen and oxygen atoms in total. The van der Waals surface area contributed by atoms with E-state index in [9.17, 15) is 0 Å². The minimum Gasteiger partial charge on any atom is -0.370 e. The van der Waals surface area contributed by atoms with Crippen LogP contribution in [0.2, 0.25) is 0 Å². The molecule has 108 valence electrons. The number of nitrogens with one attached hydrogen (secondary N) is 1. The molecule has 19 heavy (non-hydrogen) atoms. The number of nitrogens with zero attached hydrogens (tertiary/aromatic N) is 2. The molecule has 1 aromatic heterocycles. The van der Waals surface area contributed by atoms with Crippen molar-refractivity contribution in [1.82, 2.24) is 9.97 Å². The number of anilines is 1. The fourth-order valence-electron chi connectivity index (χ4n) is 2.13. The zero-order chi connectivity index (χ0) is 14.3. The van der Waals surface area contributed by atoms with Gasteiger partial charge in [0.05, 0.1) is 0 Å². The maximum atomic E-state index is 4.60. The molecule has 0 saturated carbocycles. The van der Waals surface area contributed by atoms with Gasteiger partial charge in [-0.15, -0.1) is 0 Å². The van der Waals surface area contributed by atoms with Crippen LogP contribution in [0.3, 0.4) is 0 Å². The summed E-state index contributed by atoms with van der Waals surface area (Å²) in [6.07, 6.45) is 5.13. The average molecular weight is 263 g/mol. The predicted molar refractivity (Wildman–Crippen MR) is 82.7 cm³/mol. The molecular weight excluding hydrogens is 234 g/mol. The van der Waals surface area contributed by atoms with Gasteiger partial charge < -0.3 is 5.32 Å².